The molecule has 0 aromatic rings. The number of rotatable bonds is 7. The highest BCUT2D eigenvalue weighted by atomic mass is 16.5. The molecule has 1 unspecified atom stereocenters. The Hall–Kier alpha value is -0.120. The summed E-state index contributed by atoms with van der Waals surface area (Å²) in [6.45, 7) is 12.5. The normalized spacial score (nSPS) is 30.0. The van der Waals surface area contributed by atoms with E-state index in [0.717, 1.165) is 32.2 Å². The second-order valence-electron chi connectivity index (χ2n) is 6.59. The Labute approximate surface area is 119 Å². The molecule has 2 rings (SSSR count). The average molecular weight is 268 g/mol. The fraction of sp³-hybridized carbons (Fsp3) is 1.00. The molecule has 2 fully saturated rings. The van der Waals surface area contributed by atoms with E-state index in [1.165, 1.54) is 51.7 Å². The lowest BCUT2D eigenvalue weighted by Crippen LogP contribution is -2.47. The number of hydrogen-bond donors (Lipinski definition) is 1. The Morgan fingerprint density at radius 2 is 2.05 bits per heavy atom. The van der Waals surface area contributed by atoms with Crippen molar-refractivity contribution in [1.82, 2.24) is 10.2 Å². The summed E-state index contributed by atoms with van der Waals surface area (Å²) in [5.74, 6) is 0.991. The predicted molar refractivity (Wildman–Crippen MR) is 80.5 cm³/mol. The van der Waals surface area contributed by atoms with Crippen LogP contribution in [0.25, 0.3) is 0 Å². The third kappa shape index (κ3) is 4.44. The second kappa shape index (κ2) is 7.61. The first-order valence-electron chi connectivity index (χ1n) is 8.29. The zero-order chi connectivity index (χ0) is 13.6. The minimum absolute atomic E-state index is 0.383. The molecule has 2 saturated heterocycles. The Balaban J connectivity index is 1.78. The van der Waals surface area contributed by atoms with E-state index in [2.05, 4.69) is 24.1 Å². The second-order valence-corrected chi connectivity index (χ2v) is 6.59. The first-order chi connectivity index (χ1) is 9.28. The van der Waals surface area contributed by atoms with Gasteiger partial charge in [-0.15, -0.1) is 0 Å². The van der Waals surface area contributed by atoms with Crippen molar-refractivity contribution in [1.29, 1.82) is 0 Å². The fourth-order valence-electron chi connectivity index (χ4n) is 3.68. The molecule has 0 amide bonds. The van der Waals surface area contributed by atoms with Crippen LogP contribution in [0.2, 0.25) is 0 Å². The molecule has 3 nitrogen and oxygen atoms in total. The molecule has 0 aromatic heterocycles. The monoisotopic (exact) mass is 268 g/mol. The molecule has 2 aliphatic heterocycles. The van der Waals surface area contributed by atoms with E-state index in [1.54, 1.807) is 0 Å². The van der Waals surface area contributed by atoms with Gasteiger partial charge in [-0.25, -0.2) is 0 Å². The Morgan fingerprint density at radius 3 is 2.63 bits per heavy atom. The van der Waals surface area contributed by atoms with Gasteiger partial charge in [0.2, 0.25) is 0 Å². The van der Waals surface area contributed by atoms with Gasteiger partial charge < -0.3 is 15.0 Å². The zero-order valence-electron chi connectivity index (χ0n) is 12.9. The minimum atomic E-state index is 0.383. The summed E-state index contributed by atoms with van der Waals surface area (Å²) < 4.78 is 5.69. The molecular weight excluding hydrogens is 236 g/mol. The quantitative estimate of drug-likeness (QED) is 0.768. The summed E-state index contributed by atoms with van der Waals surface area (Å²) in [4.78, 5) is 2.69. The lowest BCUT2D eigenvalue weighted by Gasteiger charge is -2.38. The molecule has 0 aliphatic carbocycles. The van der Waals surface area contributed by atoms with E-state index in [4.69, 9.17) is 4.74 Å². The van der Waals surface area contributed by atoms with Gasteiger partial charge in [0.1, 0.15) is 0 Å². The van der Waals surface area contributed by atoms with Crippen molar-refractivity contribution in [3.63, 3.8) is 0 Å². The lowest BCUT2D eigenvalue weighted by atomic mass is 9.84. The smallest absolute Gasteiger partial charge is 0.0547 e. The van der Waals surface area contributed by atoms with Crippen molar-refractivity contribution in [2.75, 3.05) is 45.9 Å². The van der Waals surface area contributed by atoms with Crippen LogP contribution in [0.5, 0.6) is 0 Å². The number of nitrogens with zero attached hydrogens (tertiary/aromatic N) is 1. The maximum Gasteiger partial charge on any atom is 0.0547 e. The molecular formula is C16H32N2O. The number of nitrogens with one attached hydrogen (secondary N) is 1. The van der Waals surface area contributed by atoms with Crippen LogP contribution in [0.4, 0.5) is 0 Å². The number of hydrogen-bond acceptors (Lipinski definition) is 3. The van der Waals surface area contributed by atoms with Crippen molar-refractivity contribution in [2.24, 2.45) is 11.3 Å². The van der Waals surface area contributed by atoms with Gasteiger partial charge in [-0.2, -0.15) is 0 Å². The van der Waals surface area contributed by atoms with Crippen molar-refractivity contribution < 1.29 is 4.74 Å². The van der Waals surface area contributed by atoms with Gasteiger partial charge in [0.25, 0.3) is 0 Å². The molecule has 112 valence electrons. The van der Waals surface area contributed by atoms with Gasteiger partial charge in [-0.3, -0.25) is 0 Å². The van der Waals surface area contributed by atoms with Gasteiger partial charge in [-0.05, 0) is 44.8 Å². The number of ether oxygens (including phenoxy) is 1. The summed E-state index contributed by atoms with van der Waals surface area (Å²) in [7, 11) is 0. The summed E-state index contributed by atoms with van der Waals surface area (Å²) in [5.41, 5.74) is 0.383. The Bertz CT molecular complexity index is 243. The third-order valence-electron chi connectivity index (χ3n) is 4.90. The zero-order valence-corrected chi connectivity index (χ0v) is 12.9. The Kier molecular flexibility index (Phi) is 6.11. The topological polar surface area (TPSA) is 24.5 Å². The van der Waals surface area contributed by atoms with E-state index in [-0.39, 0.29) is 0 Å². The van der Waals surface area contributed by atoms with Crippen LogP contribution in [0, 0.1) is 11.3 Å². The average Bonchev–Trinajstić information content (AvgIpc) is 2.88. The lowest BCUT2D eigenvalue weighted by molar-refractivity contribution is 0.0862. The van der Waals surface area contributed by atoms with E-state index < -0.39 is 0 Å². The van der Waals surface area contributed by atoms with Crippen LogP contribution in [-0.4, -0.2) is 50.8 Å². The maximum absolute atomic E-state index is 5.69. The van der Waals surface area contributed by atoms with E-state index >= 15 is 0 Å². The van der Waals surface area contributed by atoms with E-state index in [0.29, 0.717) is 5.41 Å². The van der Waals surface area contributed by atoms with Gasteiger partial charge in [-0.1, -0.05) is 26.7 Å². The van der Waals surface area contributed by atoms with E-state index in [1.807, 2.05) is 0 Å². The van der Waals surface area contributed by atoms with Crippen LogP contribution in [0.15, 0.2) is 0 Å². The molecule has 1 N–H and O–H groups in total. The van der Waals surface area contributed by atoms with Crippen LogP contribution >= 0.6 is 0 Å². The number of likely N-dealkylation sites (tertiary alicyclic amines) is 1. The molecule has 0 spiro atoms. The highest BCUT2D eigenvalue weighted by Gasteiger charge is 2.36. The van der Waals surface area contributed by atoms with Crippen molar-refractivity contribution in [2.45, 2.75) is 46.0 Å². The van der Waals surface area contributed by atoms with Gasteiger partial charge in [0, 0.05) is 25.1 Å². The SMILES string of the molecule is CCCC1CCN(CC2(CNCC)CCOC2)CC1. The van der Waals surface area contributed by atoms with Gasteiger partial charge >= 0.3 is 0 Å². The molecule has 0 saturated carbocycles. The van der Waals surface area contributed by atoms with Crippen LogP contribution in [0.3, 0.4) is 0 Å². The maximum atomic E-state index is 5.69. The fourth-order valence-corrected chi connectivity index (χ4v) is 3.68. The number of piperidine rings is 1. The highest BCUT2D eigenvalue weighted by Crippen LogP contribution is 2.31. The molecule has 3 heteroatoms. The van der Waals surface area contributed by atoms with Crippen LogP contribution in [-0.2, 0) is 4.74 Å². The summed E-state index contributed by atoms with van der Waals surface area (Å²) in [6, 6.07) is 0. The molecule has 19 heavy (non-hydrogen) atoms. The van der Waals surface area contributed by atoms with Crippen molar-refractivity contribution in [3.05, 3.63) is 0 Å². The molecule has 0 radical (unpaired) electrons. The largest absolute Gasteiger partial charge is 0.381 e. The molecule has 0 bridgehead atoms. The molecule has 2 aliphatic rings. The van der Waals surface area contributed by atoms with E-state index in [9.17, 15) is 0 Å². The highest BCUT2D eigenvalue weighted by molar-refractivity contribution is 4.89. The summed E-state index contributed by atoms with van der Waals surface area (Å²) in [5, 5.41) is 3.54. The predicted octanol–water partition coefficient (Wildman–Crippen LogP) is 2.51. The molecule has 1 atom stereocenters. The summed E-state index contributed by atoms with van der Waals surface area (Å²) >= 11 is 0. The molecule has 2 heterocycles. The summed E-state index contributed by atoms with van der Waals surface area (Å²) in [6.07, 6.45) is 6.83. The van der Waals surface area contributed by atoms with Crippen LogP contribution in [0.1, 0.15) is 46.0 Å². The third-order valence-corrected chi connectivity index (χ3v) is 4.90. The van der Waals surface area contributed by atoms with Crippen LogP contribution < -0.4 is 5.32 Å². The first kappa shape index (κ1) is 15.3. The standard InChI is InChI=1S/C16H32N2O/c1-3-5-15-6-9-18(10-7-15)13-16(12-17-4-2)8-11-19-14-16/h15,17H,3-14H2,1-2H3. The molecule has 0 aromatic carbocycles. The van der Waals surface area contributed by atoms with Crippen molar-refractivity contribution in [3.8, 4) is 0 Å². The van der Waals surface area contributed by atoms with Crippen molar-refractivity contribution >= 4 is 0 Å². The first-order valence-corrected chi connectivity index (χ1v) is 8.29. The van der Waals surface area contributed by atoms with Gasteiger partial charge in [0.05, 0.1) is 6.61 Å². The Morgan fingerprint density at radius 1 is 1.26 bits per heavy atom. The van der Waals surface area contributed by atoms with Gasteiger partial charge in [0.15, 0.2) is 0 Å². The minimum Gasteiger partial charge on any atom is -0.381 e.